The molecule has 0 fully saturated rings. The van der Waals surface area contributed by atoms with Crippen LogP contribution in [-0.2, 0) is 4.79 Å². The molecule has 3 nitrogen and oxygen atoms in total. The second-order valence-electron chi connectivity index (χ2n) is 5.70. The Bertz CT molecular complexity index is 631. The monoisotopic (exact) mass is 297 g/mol. The van der Waals surface area contributed by atoms with Gasteiger partial charge in [0, 0.05) is 17.0 Å². The predicted octanol–water partition coefficient (Wildman–Crippen LogP) is 4.46. The molecule has 0 aromatic heterocycles. The average molecular weight is 297 g/mol. The average Bonchev–Trinajstić information content (AvgIpc) is 2.54. The van der Waals surface area contributed by atoms with E-state index < -0.39 is 5.41 Å². The highest BCUT2D eigenvalue weighted by Gasteiger charge is 2.42. The summed E-state index contributed by atoms with van der Waals surface area (Å²) in [6.45, 7) is 7.78. The molecule has 1 amide bonds. The van der Waals surface area contributed by atoms with Gasteiger partial charge in [0.25, 0.3) is 0 Å². The largest absolute Gasteiger partial charge is 0.457 e. The molecule has 0 atom stereocenters. The van der Waals surface area contributed by atoms with Gasteiger partial charge < -0.3 is 10.5 Å². The Balaban J connectivity index is 0.000000847. The maximum absolute atomic E-state index is 11.9. The fraction of sp³-hybridized carbons (Fsp3) is 0.316. The van der Waals surface area contributed by atoms with Crippen molar-refractivity contribution in [1.82, 2.24) is 0 Å². The molecule has 1 aliphatic heterocycles. The lowest BCUT2D eigenvalue weighted by molar-refractivity contribution is -0.126. The van der Waals surface area contributed by atoms with Crippen LogP contribution in [0.1, 0.15) is 44.7 Å². The molecule has 2 aromatic carbocycles. The first-order valence-corrected chi connectivity index (χ1v) is 7.67. The second-order valence-corrected chi connectivity index (χ2v) is 5.70. The zero-order chi connectivity index (χ0) is 16.3. The summed E-state index contributed by atoms with van der Waals surface area (Å²) in [6.07, 6.45) is 0. The van der Waals surface area contributed by atoms with Gasteiger partial charge in [0.1, 0.15) is 11.5 Å². The van der Waals surface area contributed by atoms with E-state index in [1.54, 1.807) is 0 Å². The molecule has 22 heavy (non-hydrogen) atoms. The van der Waals surface area contributed by atoms with Crippen LogP contribution in [0.5, 0.6) is 11.5 Å². The van der Waals surface area contributed by atoms with E-state index in [2.05, 4.69) is 0 Å². The third kappa shape index (κ3) is 2.59. The lowest BCUT2D eigenvalue weighted by Crippen LogP contribution is -2.38. The van der Waals surface area contributed by atoms with Gasteiger partial charge in [0.15, 0.2) is 0 Å². The summed E-state index contributed by atoms with van der Waals surface area (Å²) in [5.41, 5.74) is 6.97. The Kier molecular flexibility index (Phi) is 4.55. The Morgan fingerprint density at radius 2 is 1.36 bits per heavy atom. The van der Waals surface area contributed by atoms with Crippen molar-refractivity contribution in [3.8, 4) is 11.5 Å². The Hall–Kier alpha value is -2.29. The van der Waals surface area contributed by atoms with Crippen molar-refractivity contribution < 1.29 is 9.53 Å². The van der Waals surface area contributed by atoms with Crippen molar-refractivity contribution in [2.75, 3.05) is 0 Å². The van der Waals surface area contributed by atoms with E-state index in [1.165, 1.54) is 0 Å². The van der Waals surface area contributed by atoms with E-state index in [0.29, 0.717) is 0 Å². The normalized spacial score (nSPS) is 13.1. The predicted molar refractivity (Wildman–Crippen MR) is 89.1 cm³/mol. The molecular formula is C19H23NO2. The molecule has 1 aliphatic rings. The van der Waals surface area contributed by atoms with Gasteiger partial charge in [0.2, 0.25) is 5.91 Å². The molecule has 0 saturated heterocycles. The van der Waals surface area contributed by atoms with Gasteiger partial charge in [-0.2, -0.15) is 0 Å². The molecule has 0 bridgehead atoms. The first kappa shape index (κ1) is 16.1. The molecule has 1 heterocycles. The summed E-state index contributed by atoms with van der Waals surface area (Å²) >= 11 is 0. The maximum atomic E-state index is 11.9. The molecule has 0 aliphatic carbocycles. The fourth-order valence-electron chi connectivity index (χ4n) is 2.83. The van der Waals surface area contributed by atoms with Crippen LogP contribution in [0.4, 0.5) is 0 Å². The minimum absolute atomic E-state index is 0.0962. The number of para-hydroxylation sites is 2. The Morgan fingerprint density at radius 3 is 1.77 bits per heavy atom. The van der Waals surface area contributed by atoms with Crippen LogP contribution in [0.15, 0.2) is 48.5 Å². The third-order valence-corrected chi connectivity index (χ3v) is 4.04. The van der Waals surface area contributed by atoms with Gasteiger partial charge in [0.05, 0.1) is 5.41 Å². The van der Waals surface area contributed by atoms with Crippen LogP contribution in [0.2, 0.25) is 0 Å². The Morgan fingerprint density at radius 1 is 0.955 bits per heavy atom. The smallest absolute Gasteiger partial charge is 0.224 e. The van der Waals surface area contributed by atoms with Gasteiger partial charge in [-0.15, -0.1) is 0 Å². The first-order valence-electron chi connectivity index (χ1n) is 7.67. The lowest BCUT2D eigenvalue weighted by Gasteiger charge is -2.37. The highest BCUT2D eigenvalue weighted by atomic mass is 16.5. The summed E-state index contributed by atoms with van der Waals surface area (Å²) in [6, 6.07) is 15.6. The number of rotatable bonds is 2. The molecule has 2 aromatic rings. The third-order valence-electron chi connectivity index (χ3n) is 4.04. The second kappa shape index (κ2) is 6.22. The van der Waals surface area contributed by atoms with Crippen LogP contribution in [0.25, 0.3) is 0 Å². The zero-order valence-corrected chi connectivity index (χ0v) is 13.6. The molecule has 2 N–H and O–H groups in total. The molecule has 3 heteroatoms. The van der Waals surface area contributed by atoms with Gasteiger partial charge in [-0.25, -0.2) is 0 Å². The van der Waals surface area contributed by atoms with Gasteiger partial charge >= 0.3 is 0 Å². The highest BCUT2D eigenvalue weighted by Crippen LogP contribution is 2.51. The summed E-state index contributed by atoms with van der Waals surface area (Å²) in [5.74, 6) is 1.19. The van der Waals surface area contributed by atoms with Crippen molar-refractivity contribution in [1.29, 1.82) is 0 Å². The highest BCUT2D eigenvalue weighted by molar-refractivity contribution is 5.82. The molecular weight excluding hydrogens is 274 g/mol. The SMILES string of the molecule is CC.CC(C)(C(N)=O)C1c2ccccc2Oc2ccccc21. The number of nitrogens with two attached hydrogens (primary N) is 1. The number of carbonyl (C=O) groups is 1. The molecule has 0 saturated carbocycles. The van der Waals surface area contributed by atoms with Crippen LogP contribution in [-0.4, -0.2) is 5.91 Å². The summed E-state index contributed by atoms with van der Waals surface area (Å²) in [5, 5.41) is 0. The molecule has 3 rings (SSSR count). The van der Waals surface area contributed by atoms with Crippen molar-refractivity contribution in [3.05, 3.63) is 59.7 Å². The van der Waals surface area contributed by atoms with Crippen molar-refractivity contribution in [2.45, 2.75) is 33.6 Å². The molecule has 0 spiro atoms. The minimum atomic E-state index is -0.685. The van der Waals surface area contributed by atoms with Crippen molar-refractivity contribution in [2.24, 2.45) is 11.1 Å². The van der Waals surface area contributed by atoms with Crippen molar-refractivity contribution in [3.63, 3.8) is 0 Å². The molecule has 0 radical (unpaired) electrons. The zero-order valence-electron chi connectivity index (χ0n) is 13.6. The number of fused-ring (bicyclic) bond motifs is 2. The quantitative estimate of drug-likeness (QED) is 0.889. The van der Waals surface area contributed by atoms with E-state index in [0.717, 1.165) is 22.6 Å². The standard InChI is InChI=1S/C17H17NO2.C2H6/c1-17(2,16(18)19)15-11-7-3-5-9-13(11)20-14-10-6-4-8-12(14)15;1-2/h3-10,15H,1-2H3,(H2,18,19);1-2H3. The fourth-order valence-corrected chi connectivity index (χ4v) is 2.83. The lowest BCUT2D eigenvalue weighted by atomic mass is 9.69. The number of primary amides is 1. The van der Waals surface area contributed by atoms with E-state index >= 15 is 0 Å². The van der Waals surface area contributed by atoms with Crippen molar-refractivity contribution >= 4 is 5.91 Å². The molecule has 116 valence electrons. The van der Waals surface area contributed by atoms with Gasteiger partial charge in [-0.3, -0.25) is 4.79 Å². The van der Waals surface area contributed by atoms with Crippen LogP contribution < -0.4 is 10.5 Å². The number of ether oxygens (including phenoxy) is 1. The topological polar surface area (TPSA) is 52.3 Å². The molecule has 0 unspecified atom stereocenters. The number of carbonyl (C=O) groups excluding carboxylic acids is 1. The van der Waals surface area contributed by atoms with E-state index in [4.69, 9.17) is 10.5 Å². The van der Waals surface area contributed by atoms with Gasteiger partial charge in [-0.05, 0) is 12.1 Å². The summed E-state index contributed by atoms with van der Waals surface area (Å²) in [4.78, 5) is 11.9. The van der Waals surface area contributed by atoms with E-state index in [-0.39, 0.29) is 11.8 Å². The van der Waals surface area contributed by atoms with Gasteiger partial charge in [-0.1, -0.05) is 64.1 Å². The van der Waals surface area contributed by atoms with Crippen LogP contribution in [0, 0.1) is 5.41 Å². The number of amides is 1. The minimum Gasteiger partial charge on any atom is -0.457 e. The first-order chi connectivity index (χ1) is 10.5. The maximum Gasteiger partial charge on any atom is 0.224 e. The van der Waals surface area contributed by atoms with Crippen LogP contribution in [0.3, 0.4) is 0 Å². The number of benzene rings is 2. The number of hydrogen-bond acceptors (Lipinski definition) is 2. The summed E-state index contributed by atoms with van der Waals surface area (Å²) in [7, 11) is 0. The summed E-state index contributed by atoms with van der Waals surface area (Å²) < 4.78 is 5.93. The van der Waals surface area contributed by atoms with E-state index in [9.17, 15) is 4.79 Å². The van der Waals surface area contributed by atoms with E-state index in [1.807, 2.05) is 76.2 Å². The number of hydrogen-bond donors (Lipinski definition) is 1. The van der Waals surface area contributed by atoms with Crippen LogP contribution >= 0.6 is 0 Å². The Labute approximate surface area is 132 Å².